The van der Waals surface area contributed by atoms with Gasteiger partial charge in [-0.2, -0.15) is 0 Å². The van der Waals surface area contributed by atoms with Gasteiger partial charge in [0.25, 0.3) is 0 Å². The van der Waals surface area contributed by atoms with E-state index in [1.165, 1.54) is 0 Å². The lowest BCUT2D eigenvalue weighted by Gasteiger charge is -1.99. The molecule has 4 nitrogen and oxygen atoms in total. The maximum atomic E-state index is 10.4. The molecule has 1 rings (SSSR count). The number of aromatic hydroxyl groups is 2. The first-order chi connectivity index (χ1) is 6.86. The van der Waals surface area contributed by atoms with Gasteiger partial charge in [-0.15, -0.1) is 0 Å². The van der Waals surface area contributed by atoms with E-state index in [9.17, 15) is 9.90 Å². The van der Waals surface area contributed by atoms with Crippen molar-refractivity contribution in [2.45, 2.75) is 6.42 Å². The summed E-state index contributed by atoms with van der Waals surface area (Å²) in [6.45, 7) is 0. The van der Waals surface area contributed by atoms with Gasteiger partial charge in [0.05, 0.1) is 10.5 Å². The predicted molar refractivity (Wildman–Crippen MR) is 41.1 cm³/mol. The fraction of sp³-hybridized carbons (Fsp3) is 0.125. The second-order valence-electron chi connectivity index (χ2n) is 2.12. The molecule has 0 spiro atoms. The van der Waals surface area contributed by atoms with Gasteiger partial charge in [0, 0.05) is 0 Å². The zero-order valence-electron chi connectivity index (χ0n) is 8.96. The van der Waals surface area contributed by atoms with E-state index in [0.29, 0.717) is 0 Å². The first-order valence-corrected chi connectivity index (χ1v) is 3.08. The molecule has 0 fully saturated rings. The van der Waals surface area contributed by atoms with Crippen LogP contribution in [0.5, 0.6) is 11.5 Å². The molecule has 0 aliphatic heterocycles. The number of carboxylic acids is 1. The van der Waals surface area contributed by atoms with Gasteiger partial charge in [-0.05, 0) is 17.6 Å². The molecule has 3 N–H and O–H groups in total. The molecule has 0 amide bonds. The minimum Gasteiger partial charge on any atom is -0.504 e. The molecule has 0 aliphatic rings. The SMILES string of the molecule is [2H]c1c([2H])c(CC(=O)O)c([2H])c(O)c1O. The molecular weight excluding hydrogens is 160 g/mol. The topological polar surface area (TPSA) is 77.8 Å². The summed E-state index contributed by atoms with van der Waals surface area (Å²) in [6, 6.07) is -1.87. The standard InChI is InChI=1S/C8H8O4/c9-6-2-1-5(3-7(6)10)4-8(11)12/h1-3,9-10H,4H2,(H,11,12)/i1D,2D,3D. The normalized spacial score (nSPS) is 13.2. The van der Waals surface area contributed by atoms with Crippen molar-refractivity contribution in [3.63, 3.8) is 0 Å². The highest BCUT2D eigenvalue weighted by atomic mass is 16.4. The van der Waals surface area contributed by atoms with Crippen LogP contribution in [0.1, 0.15) is 9.68 Å². The van der Waals surface area contributed by atoms with E-state index in [-0.39, 0.29) is 5.56 Å². The van der Waals surface area contributed by atoms with Gasteiger partial charge < -0.3 is 15.3 Å². The molecule has 0 saturated heterocycles. The summed E-state index contributed by atoms with van der Waals surface area (Å²) in [5.41, 5.74) is -0.289. The van der Waals surface area contributed by atoms with Crippen LogP contribution in [0.25, 0.3) is 0 Å². The minimum atomic E-state index is -1.28. The zero-order valence-corrected chi connectivity index (χ0v) is 5.96. The Morgan fingerprint density at radius 2 is 2.08 bits per heavy atom. The van der Waals surface area contributed by atoms with Crippen molar-refractivity contribution >= 4 is 5.97 Å². The summed E-state index contributed by atoms with van der Waals surface area (Å²) < 4.78 is 21.8. The molecule has 0 aromatic heterocycles. The Balaban J connectivity index is 3.45. The van der Waals surface area contributed by atoms with Crippen LogP contribution in [-0.2, 0) is 11.2 Å². The number of hydrogen-bond donors (Lipinski definition) is 3. The van der Waals surface area contributed by atoms with Crippen LogP contribution in [0.2, 0.25) is 0 Å². The number of rotatable bonds is 2. The van der Waals surface area contributed by atoms with Crippen molar-refractivity contribution in [3.05, 3.63) is 23.7 Å². The van der Waals surface area contributed by atoms with Crippen LogP contribution in [0.15, 0.2) is 18.1 Å². The van der Waals surface area contributed by atoms with E-state index in [4.69, 9.17) is 14.3 Å². The molecule has 0 saturated carbocycles. The minimum absolute atomic E-state index is 0.289. The number of hydrogen-bond acceptors (Lipinski definition) is 3. The maximum absolute atomic E-state index is 10.4. The summed E-state index contributed by atoms with van der Waals surface area (Å²) in [7, 11) is 0. The van der Waals surface area contributed by atoms with Crippen molar-refractivity contribution < 1.29 is 24.2 Å². The molecule has 0 unspecified atom stereocenters. The number of phenolic OH excluding ortho intramolecular Hbond substituents is 2. The predicted octanol–water partition coefficient (Wildman–Crippen LogP) is 0.725. The van der Waals surface area contributed by atoms with Crippen LogP contribution in [-0.4, -0.2) is 21.3 Å². The summed E-state index contributed by atoms with van der Waals surface area (Å²) in [6.07, 6.45) is -0.641. The average Bonchev–Trinajstić information content (AvgIpc) is 2.18. The summed E-state index contributed by atoms with van der Waals surface area (Å²) in [4.78, 5) is 10.4. The Morgan fingerprint density at radius 1 is 1.42 bits per heavy atom. The molecule has 0 radical (unpaired) electrons. The van der Waals surface area contributed by atoms with E-state index >= 15 is 0 Å². The first kappa shape index (κ1) is 5.03. The van der Waals surface area contributed by atoms with Crippen molar-refractivity contribution in [2.75, 3.05) is 0 Å². The number of phenols is 2. The van der Waals surface area contributed by atoms with Crippen molar-refractivity contribution in [2.24, 2.45) is 0 Å². The van der Waals surface area contributed by atoms with Gasteiger partial charge in [0.2, 0.25) is 0 Å². The molecule has 0 aliphatic carbocycles. The van der Waals surface area contributed by atoms with Crippen LogP contribution in [0, 0.1) is 0 Å². The smallest absolute Gasteiger partial charge is 0.307 e. The summed E-state index contributed by atoms with van der Waals surface area (Å²) in [5.74, 6) is -3.02. The first-order valence-electron chi connectivity index (χ1n) is 4.58. The lowest BCUT2D eigenvalue weighted by molar-refractivity contribution is -0.136. The third kappa shape index (κ3) is 1.88. The largest absolute Gasteiger partial charge is 0.504 e. The second kappa shape index (κ2) is 3.13. The highest BCUT2D eigenvalue weighted by Gasteiger charge is 2.03. The highest BCUT2D eigenvalue weighted by Crippen LogP contribution is 2.24. The lowest BCUT2D eigenvalue weighted by atomic mass is 10.1. The third-order valence-electron chi connectivity index (χ3n) is 1.15. The van der Waals surface area contributed by atoms with Gasteiger partial charge >= 0.3 is 5.97 Å². The second-order valence-corrected chi connectivity index (χ2v) is 2.12. The van der Waals surface area contributed by atoms with Gasteiger partial charge in [0.1, 0.15) is 0 Å². The van der Waals surface area contributed by atoms with E-state index in [1.54, 1.807) is 0 Å². The number of carboxylic acid groups (broad SMARTS) is 1. The quantitative estimate of drug-likeness (QED) is 0.573. The number of aliphatic carboxylic acids is 1. The number of benzene rings is 1. The maximum Gasteiger partial charge on any atom is 0.307 e. The summed E-state index contributed by atoms with van der Waals surface area (Å²) in [5, 5.41) is 26.8. The van der Waals surface area contributed by atoms with Crippen LogP contribution in [0.4, 0.5) is 0 Å². The molecule has 1 aromatic carbocycles. The fourth-order valence-electron chi connectivity index (χ4n) is 0.667. The van der Waals surface area contributed by atoms with Gasteiger partial charge in [-0.3, -0.25) is 4.79 Å². The molecule has 4 heteroatoms. The molecule has 0 heterocycles. The molecule has 0 bridgehead atoms. The molecular formula is C8H8O4. The van der Waals surface area contributed by atoms with Gasteiger partial charge in [0.15, 0.2) is 11.5 Å². The van der Waals surface area contributed by atoms with E-state index in [1.807, 2.05) is 0 Å². The molecule has 12 heavy (non-hydrogen) atoms. The monoisotopic (exact) mass is 171 g/mol. The van der Waals surface area contributed by atoms with E-state index < -0.39 is 42.0 Å². The van der Waals surface area contributed by atoms with Crippen molar-refractivity contribution in [1.82, 2.24) is 0 Å². The third-order valence-corrected chi connectivity index (χ3v) is 1.15. The van der Waals surface area contributed by atoms with Crippen molar-refractivity contribution in [1.29, 1.82) is 0 Å². The van der Waals surface area contributed by atoms with Gasteiger partial charge in [-0.25, -0.2) is 0 Å². The van der Waals surface area contributed by atoms with E-state index in [0.717, 1.165) is 0 Å². The van der Waals surface area contributed by atoms with Gasteiger partial charge in [-0.1, -0.05) is 6.04 Å². The lowest BCUT2D eigenvalue weighted by Crippen LogP contribution is -1.99. The Labute approximate surface area is 72.9 Å². The highest BCUT2D eigenvalue weighted by molar-refractivity contribution is 5.70. The Hall–Kier alpha value is -1.71. The zero-order chi connectivity index (χ0) is 11.7. The van der Waals surface area contributed by atoms with Crippen LogP contribution in [0.3, 0.4) is 0 Å². The van der Waals surface area contributed by atoms with Crippen LogP contribution >= 0.6 is 0 Å². The molecule has 0 atom stereocenters. The van der Waals surface area contributed by atoms with E-state index in [2.05, 4.69) is 0 Å². The molecule has 64 valence electrons. The number of carbonyl (C=O) groups is 1. The Morgan fingerprint density at radius 3 is 2.67 bits per heavy atom. The molecule has 1 aromatic rings. The summed E-state index contributed by atoms with van der Waals surface area (Å²) >= 11 is 0. The average molecular weight is 171 g/mol. The van der Waals surface area contributed by atoms with Crippen LogP contribution < -0.4 is 0 Å². The Bertz CT molecular complexity index is 401. The Kier molecular flexibility index (Phi) is 1.31. The van der Waals surface area contributed by atoms with Crippen molar-refractivity contribution in [3.8, 4) is 11.5 Å². The fourth-order valence-corrected chi connectivity index (χ4v) is 0.667.